The fourth-order valence-corrected chi connectivity index (χ4v) is 3.27. The molecule has 1 atom stereocenters. The lowest BCUT2D eigenvalue weighted by atomic mass is 10.1. The maximum absolute atomic E-state index is 8.67. The maximum Gasteiger partial charge on any atom is 0.174 e. The number of aryl methyl sites for hydroxylation is 1. The van der Waals surface area contributed by atoms with Gasteiger partial charge in [0.2, 0.25) is 0 Å². The number of fused-ring (bicyclic) bond motifs is 3. The highest BCUT2D eigenvalue weighted by Gasteiger charge is 2.26. The molecule has 2 aromatic rings. The molecule has 0 amide bonds. The normalized spacial score (nSPS) is 17.2. The van der Waals surface area contributed by atoms with E-state index < -0.39 is 0 Å². The third-order valence-electron chi connectivity index (χ3n) is 3.71. The van der Waals surface area contributed by atoms with Gasteiger partial charge in [-0.3, -0.25) is 0 Å². The van der Waals surface area contributed by atoms with Crippen molar-refractivity contribution < 1.29 is 4.74 Å². The predicted molar refractivity (Wildman–Crippen MR) is 79.5 cm³/mol. The molecular weight excluding hydrogens is 297 g/mol. The van der Waals surface area contributed by atoms with Crippen molar-refractivity contribution in [3.05, 3.63) is 27.9 Å². The van der Waals surface area contributed by atoms with E-state index in [1.54, 1.807) is 6.07 Å². The summed E-state index contributed by atoms with van der Waals surface area (Å²) in [4.78, 5) is 0. The lowest BCUT2D eigenvalue weighted by Crippen LogP contribution is -2.12. The Balaban J connectivity index is 2.24. The minimum absolute atomic E-state index is 0.0109. The zero-order valence-corrected chi connectivity index (χ0v) is 12.4. The van der Waals surface area contributed by atoms with Crippen LogP contribution in [-0.4, -0.2) is 18.2 Å². The van der Waals surface area contributed by atoms with Crippen molar-refractivity contribution >= 4 is 34.1 Å². The number of benzene rings is 1. The molecule has 0 saturated carbocycles. The van der Waals surface area contributed by atoms with Crippen LogP contribution >= 0.6 is 23.2 Å². The highest BCUT2D eigenvalue weighted by Crippen LogP contribution is 2.43. The van der Waals surface area contributed by atoms with E-state index in [-0.39, 0.29) is 6.61 Å². The molecule has 0 fully saturated rings. The van der Waals surface area contributed by atoms with Crippen LogP contribution in [0.1, 0.15) is 18.2 Å². The van der Waals surface area contributed by atoms with Crippen LogP contribution in [0.25, 0.3) is 10.9 Å². The van der Waals surface area contributed by atoms with Gasteiger partial charge in [0.15, 0.2) is 6.61 Å². The van der Waals surface area contributed by atoms with Gasteiger partial charge >= 0.3 is 0 Å². The number of hydrogen-bond donors (Lipinski definition) is 1. The molecule has 4 nitrogen and oxygen atoms in total. The van der Waals surface area contributed by atoms with Gasteiger partial charge in [0.25, 0.3) is 0 Å². The second-order valence-electron chi connectivity index (χ2n) is 4.73. The first-order chi connectivity index (χ1) is 9.67. The first-order valence-electron chi connectivity index (χ1n) is 6.35. The summed E-state index contributed by atoms with van der Waals surface area (Å²) in [5.74, 6) is 0.604. The Hall–Kier alpha value is -1.41. The van der Waals surface area contributed by atoms with Crippen molar-refractivity contribution in [1.29, 1.82) is 5.26 Å². The average molecular weight is 310 g/mol. The molecule has 1 aromatic heterocycles. The van der Waals surface area contributed by atoms with Gasteiger partial charge in [0.1, 0.15) is 11.8 Å². The van der Waals surface area contributed by atoms with E-state index in [1.165, 1.54) is 5.69 Å². The number of halogens is 2. The lowest BCUT2D eigenvalue weighted by molar-refractivity contribution is 0.372. The summed E-state index contributed by atoms with van der Waals surface area (Å²) in [6.45, 7) is 0.880. The first kappa shape index (κ1) is 13.6. The molecule has 0 radical (unpaired) electrons. The summed E-state index contributed by atoms with van der Waals surface area (Å²) in [7, 11) is 1.94. The van der Waals surface area contributed by atoms with Crippen LogP contribution in [0, 0.1) is 11.3 Å². The molecule has 6 heteroatoms. The molecule has 2 heterocycles. The lowest BCUT2D eigenvalue weighted by Gasteiger charge is -2.08. The van der Waals surface area contributed by atoms with Crippen LogP contribution in [0.5, 0.6) is 5.75 Å². The van der Waals surface area contributed by atoms with E-state index in [0.717, 1.165) is 23.9 Å². The fraction of sp³-hybridized carbons (Fsp3) is 0.357. The van der Waals surface area contributed by atoms with Crippen molar-refractivity contribution in [3.8, 4) is 11.8 Å². The van der Waals surface area contributed by atoms with Crippen molar-refractivity contribution in [2.75, 3.05) is 13.7 Å². The standard InChI is InChI=1S/C14H13Cl2N3O/c1-18-10-2-4-19-11(10)6-8-12(20-5-3-17)7-9(15)13(16)14(8)19/h6-7,10,18H,2,4-5H2,1H3. The monoisotopic (exact) mass is 309 g/mol. The van der Waals surface area contributed by atoms with Crippen LogP contribution in [0.2, 0.25) is 10.0 Å². The number of ether oxygens (including phenoxy) is 1. The summed E-state index contributed by atoms with van der Waals surface area (Å²) < 4.78 is 7.64. The van der Waals surface area contributed by atoms with Crippen molar-refractivity contribution in [2.45, 2.75) is 19.0 Å². The third-order valence-corrected chi connectivity index (χ3v) is 4.49. The minimum atomic E-state index is -0.0109. The van der Waals surface area contributed by atoms with Crippen LogP contribution in [0.4, 0.5) is 0 Å². The fourth-order valence-electron chi connectivity index (χ4n) is 2.82. The van der Waals surface area contributed by atoms with Gasteiger partial charge in [-0.2, -0.15) is 5.26 Å². The largest absolute Gasteiger partial charge is 0.478 e. The van der Waals surface area contributed by atoms with Crippen LogP contribution < -0.4 is 10.1 Å². The summed E-state index contributed by atoms with van der Waals surface area (Å²) in [6.07, 6.45) is 1.03. The van der Waals surface area contributed by atoms with E-state index in [2.05, 4.69) is 16.0 Å². The summed E-state index contributed by atoms with van der Waals surface area (Å²) >= 11 is 12.5. The number of rotatable bonds is 3. The van der Waals surface area contributed by atoms with Gasteiger partial charge in [-0.1, -0.05) is 23.2 Å². The third kappa shape index (κ3) is 1.94. The van der Waals surface area contributed by atoms with Gasteiger partial charge < -0.3 is 14.6 Å². The maximum atomic E-state index is 8.67. The van der Waals surface area contributed by atoms with Gasteiger partial charge in [0.05, 0.1) is 15.6 Å². The minimum Gasteiger partial charge on any atom is -0.478 e. The van der Waals surface area contributed by atoms with Crippen molar-refractivity contribution in [3.63, 3.8) is 0 Å². The Morgan fingerprint density at radius 3 is 3.00 bits per heavy atom. The second-order valence-corrected chi connectivity index (χ2v) is 5.52. The van der Waals surface area contributed by atoms with Gasteiger partial charge in [-0.25, -0.2) is 0 Å². The Bertz CT molecular complexity index is 718. The Labute approximate surface area is 126 Å². The zero-order chi connectivity index (χ0) is 14.3. The molecular formula is C14H13Cl2N3O. The molecule has 1 aliphatic heterocycles. The Morgan fingerprint density at radius 2 is 2.30 bits per heavy atom. The van der Waals surface area contributed by atoms with E-state index in [9.17, 15) is 0 Å². The zero-order valence-electron chi connectivity index (χ0n) is 10.9. The molecule has 1 aromatic carbocycles. The second kappa shape index (κ2) is 5.17. The van der Waals surface area contributed by atoms with Crippen LogP contribution in [0.15, 0.2) is 12.1 Å². The van der Waals surface area contributed by atoms with E-state index >= 15 is 0 Å². The van der Waals surface area contributed by atoms with Crippen molar-refractivity contribution in [2.24, 2.45) is 0 Å². The predicted octanol–water partition coefficient (Wildman–Crippen LogP) is 3.51. The van der Waals surface area contributed by atoms with Gasteiger partial charge in [0, 0.05) is 29.7 Å². The molecule has 0 bridgehead atoms. The SMILES string of the molecule is CNC1CCn2c1cc1c(OCC#N)cc(Cl)c(Cl)c12. The quantitative estimate of drug-likeness (QED) is 0.944. The Kier molecular flexibility index (Phi) is 3.51. The number of nitrogens with one attached hydrogen (secondary N) is 1. The van der Waals surface area contributed by atoms with E-state index in [0.29, 0.717) is 21.8 Å². The van der Waals surface area contributed by atoms with Crippen LogP contribution in [0.3, 0.4) is 0 Å². The smallest absolute Gasteiger partial charge is 0.174 e. The highest BCUT2D eigenvalue weighted by atomic mass is 35.5. The summed E-state index contributed by atoms with van der Waals surface area (Å²) in [5.41, 5.74) is 2.06. The molecule has 1 unspecified atom stereocenters. The molecule has 3 rings (SSSR count). The molecule has 0 aliphatic carbocycles. The highest BCUT2D eigenvalue weighted by molar-refractivity contribution is 6.45. The molecule has 0 spiro atoms. The summed E-state index contributed by atoms with van der Waals surface area (Å²) in [6, 6.07) is 6.02. The van der Waals surface area contributed by atoms with E-state index in [4.69, 9.17) is 33.2 Å². The number of hydrogen-bond acceptors (Lipinski definition) is 3. The molecule has 1 aliphatic rings. The average Bonchev–Trinajstić information content (AvgIpc) is 2.99. The summed E-state index contributed by atoms with van der Waals surface area (Å²) in [5, 5.41) is 13.8. The molecule has 0 saturated heterocycles. The van der Waals surface area contributed by atoms with Gasteiger partial charge in [-0.05, 0) is 19.5 Å². The number of aromatic nitrogens is 1. The Morgan fingerprint density at radius 1 is 1.50 bits per heavy atom. The van der Waals surface area contributed by atoms with Crippen LogP contribution in [-0.2, 0) is 6.54 Å². The van der Waals surface area contributed by atoms with E-state index in [1.807, 2.05) is 13.1 Å². The molecule has 20 heavy (non-hydrogen) atoms. The molecule has 104 valence electrons. The molecule has 1 N–H and O–H groups in total. The topological polar surface area (TPSA) is 50.0 Å². The number of nitriles is 1. The first-order valence-corrected chi connectivity index (χ1v) is 7.11. The number of nitrogens with zero attached hydrogens (tertiary/aromatic N) is 2. The van der Waals surface area contributed by atoms with Crippen molar-refractivity contribution in [1.82, 2.24) is 9.88 Å². The van der Waals surface area contributed by atoms with Gasteiger partial charge in [-0.15, -0.1) is 0 Å².